The van der Waals surface area contributed by atoms with Crippen LogP contribution >= 0.6 is 0 Å². The van der Waals surface area contributed by atoms with Crippen molar-refractivity contribution < 1.29 is 9.53 Å². The van der Waals surface area contributed by atoms with E-state index in [0.717, 1.165) is 42.6 Å². The number of aryl methyl sites for hydroxylation is 1. The van der Waals surface area contributed by atoms with Crippen LogP contribution in [-0.2, 0) is 11.8 Å². The summed E-state index contributed by atoms with van der Waals surface area (Å²) in [5, 5.41) is 1.20. The van der Waals surface area contributed by atoms with Gasteiger partial charge in [0.25, 0.3) is 5.91 Å². The van der Waals surface area contributed by atoms with Gasteiger partial charge in [-0.15, -0.1) is 0 Å². The minimum absolute atomic E-state index is 0.112. The SMILES string of the molecule is CCCCOCCCN1C(=O)c2ccccc2C1c1c(-c2ccccc2)n(C)c2ccccc12. The molecule has 174 valence electrons. The molecule has 1 atom stereocenters. The summed E-state index contributed by atoms with van der Waals surface area (Å²) in [6.07, 6.45) is 3.03. The second kappa shape index (κ2) is 9.86. The molecular formula is C30H32N2O2. The largest absolute Gasteiger partial charge is 0.381 e. The first-order valence-electron chi connectivity index (χ1n) is 12.3. The minimum Gasteiger partial charge on any atom is -0.381 e. The highest BCUT2D eigenvalue weighted by Crippen LogP contribution is 2.46. The van der Waals surface area contributed by atoms with Crippen LogP contribution in [0.3, 0.4) is 0 Å². The molecule has 0 spiro atoms. The molecule has 1 unspecified atom stereocenters. The van der Waals surface area contributed by atoms with Gasteiger partial charge < -0.3 is 14.2 Å². The van der Waals surface area contributed by atoms with Gasteiger partial charge in [0.15, 0.2) is 0 Å². The fourth-order valence-corrected chi connectivity index (χ4v) is 5.24. The van der Waals surface area contributed by atoms with E-state index in [1.165, 1.54) is 22.2 Å². The lowest BCUT2D eigenvalue weighted by molar-refractivity contribution is 0.0709. The van der Waals surface area contributed by atoms with Crippen LogP contribution in [0.4, 0.5) is 0 Å². The number of rotatable bonds is 9. The van der Waals surface area contributed by atoms with Gasteiger partial charge in [-0.1, -0.05) is 80.1 Å². The molecular weight excluding hydrogens is 420 g/mol. The van der Waals surface area contributed by atoms with Crippen LogP contribution in [0.2, 0.25) is 0 Å². The Bertz CT molecular complexity index is 1290. The van der Waals surface area contributed by atoms with Crippen LogP contribution in [0.5, 0.6) is 0 Å². The molecule has 4 nitrogen and oxygen atoms in total. The Labute approximate surface area is 201 Å². The van der Waals surface area contributed by atoms with Crippen LogP contribution in [0.25, 0.3) is 22.2 Å². The van der Waals surface area contributed by atoms with Gasteiger partial charge in [0.1, 0.15) is 0 Å². The summed E-state index contributed by atoms with van der Waals surface area (Å²) < 4.78 is 8.09. The van der Waals surface area contributed by atoms with E-state index in [1.807, 2.05) is 24.3 Å². The first-order valence-corrected chi connectivity index (χ1v) is 12.3. The van der Waals surface area contributed by atoms with Gasteiger partial charge in [-0.2, -0.15) is 0 Å². The number of aromatic nitrogens is 1. The lowest BCUT2D eigenvalue weighted by Crippen LogP contribution is -2.30. The van der Waals surface area contributed by atoms with Crippen molar-refractivity contribution in [2.24, 2.45) is 7.05 Å². The number of nitrogens with zero attached hydrogens (tertiary/aromatic N) is 2. The fourth-order valence-electron chi connectivity index (χ4n) is 5.24. The number of fused-ring (bicyclic) bond motifs is 2. The molecule has 0 saturated heterocycles. The second-order valence-corrected chi connectivity index (χ2v) is 9.01. The molecule has 0 saturated carbocycles. The van der Waals surface area contributed by atoms with Crippen molar-refractivity contribution >= 4 is 16.8 Å². The maximum Gasteiger partial charge on any atom is 0.255 e. The third-order valence-electron chi connectivity index (χ3n) is 6.86. The number of unbranched alkanes of at least 4 members (excludes halogenated alkanes) is 1. The first kappa shape index (κ1) is 22.4. The summed E-state index contributed by atoms with van der Waals surface area (Å²) in [4.78, 5) is 15.7. The van der Waals surface area contributed by atoms with Gasteiger partial charge in [-0.3, -0.25) is 4.79 Å². The predicted molar refractivity (Wildman–Crippen MR) is 138 cm³/mol. The summed E-state index contributed by atoms with van der Waals surface area (Å²) >= 11 is 0. The van der Waals surface area contributed by atoms with Crippen molar-refractivity contribution in [1.82, 2.24) is 9.47 Å². The van der Waals surface area contributed by atoms with E-state index in [1.54, 1.807) is 0 Å². The molecule has 5 rings (SSSR count). The number of carbonyl (C=O) groups is 1. The highest BCUT2D eigenvalue weighted by atomic mass is 16.5. The lowest BCUT2D eigenvalue weighted by atomic mass is 9.93. The standard InChI is InChI=1S/C30H32N2O2/c1-3-4-20-34-21-12-19-32-29(23-15-8-9-16-24(23)30(32)33)27-25-17-10-11-18-26(25)31(2)28(27)22-13-6-5-7-14-22/h5-11,13-18,29H,3-4,12,19-21H2,1-2H3. The summed E-state index contributed by atoms with van der Waals surface area (Å²) in [6, 6.07) is 27.0. The molecule has 0 bridgehead atoms. The monoisotopic (exact) mass is 452 g/mol. The lowest BCUT2D eigenvalue weighted by Gasteiger charge is -2.27. The van der Waals surface area contributed by atoms with Crippen molar-refractivity contribution in [2.75, 3.05) is 19.8 Å². The van der Waals surface area contributed by atoms with Crippen molar-refractivity contribution in [3.8, 4) is 11.3 Å². The molecule has 0 N–H and O–H groups in total. The van der Waals surface area contributed by atoms with Gasteiger partial charge in [-0.05, 0) is 36.1 Å². The van der Waals surface area contributed by atoms with Crippen molar-refractivity contribution in [1.29, 1.82) is 0 Å². The van der Waals surface area contributed by atoms with E-state index in [0.29, 0.717) is 13.2 Å². The zero-order chi connectivity index (χ0) is 23.5. The van der Waals surface area contributed by atoms with E-state index < -0.39 is 0 Å². The van der Waals surface area contributed by atoms with Gasteiger partial charge in [0, 0.05) is 48.8 Å². The van der Waals surface area contributed by atoms with Crippen molar-refractivity contribution in [3.05, 3.63) is 95.6 Å². The highest BCUT2D eigenvalue weighted by Gasteiger charge is 2.40. The fraction of sp³-hybridized carbons (Fsp3) is 0.300. The number of carbonyl (C=O) groups excluding carboxylic acids is 1. The smallest absolute Gasteiger partial charge is 0.255 e. The quantitative estimate of drug-likeness (QED) is 0.268. The van der Waals surface area contributed by atoms with Crippen LogP contribution < -0.4 is 0 Å². The molecule has 1 amide bonds. The Morgan fingerprint density at radius 3 is 2.38 bits per heavy atom. The molecule has 4 heteroatoms. The molecule has 34 heavy (non-hydrogen) atoms. The second-order valence-electron chi connectivity index (χ2n) is 9.01. The Kier molecular flexibility index (Phi) is 6.50. The Hall–Kier alpha value is -3.37. The number of hydrogen-bond donors (Lipinski definition) is 0. The maximum absolute atomic E-state index is 13.6. The normalized spacial score (nSPS) is 15.3. The molecule has 0 aliphatic carbocycles. The number of ether oxygens (including phenoxy) is 1. The minimum atomic E-state index is -0.124. The summed E-state index contributed by atoms with van der Waals surface area (Å²) in [7, 11) is 2.13. The summed E-state index contributed by atoms with van der Waals surface area (Å²) in [5.74, 6) is 0.112. The van der Waals surface area contributed by atoms with Crippen LogP contribution in [0.15, 0.2) is 78.9 Å². The van der Waals surface area contributed by atoms with Gasteiger partial charge in [0.2, 0.25) is 0 Å². The molecule has 0 radical (unpaired) electrons. The average Bonchev–Trinajstić information content (AvgIpc) is 3.32. The highest BCUT2D eigenvalue weighted by molar-refractivity contribution is 6.02. The van der Waals surface area contributed by atoms with E-state index in [2.05, 4.69) is 78.0 Å². The molecule has 1 aromatic heterocycles. The van der Waals surface area contributed by atoms with Crippen molar-refractivity contribution in [3.63, 3.8) is 0 Å². The Morgan fingerprint density at radius 1 is 0.853 bits per heavy atom. The molecule has 3 aromatic carbocycles. The average molecular weight is 453 g/mol. The summed E-state index contributed by atoms with van der Waals surface area (Å²) in [6.45, 7) is 4.30. The zero-order valence-corrected chi connectivity index (χ0v) is 20.0. The number of para-hydroxylation sites is 1. The van der Waals surface area contributed by atoms with Gasteiger partial charge in [-0.25, -0.2) is 0 Å². The Morgan fingerprint density at radius 2 is 1.56 bits per heavy atom. The van der Waals surface area contributed by atoms with Crippen LogP contribution in [0, 0.1) is 0 Å². The number of amides is 1. The maximum atomic E-state index is 13.6. The zero-order valence-electron chi connectivity index (χ0n) is 20.0. The van der Waals surface area contributed by atoms with E-state index >= 15 is 0 Å². The van der Waals surface area contributed by atoms with E-state index in [9.17, 15) is 4.79 Å². The number of hydrogen-bond acceptors (Lipinski definition) is 2. The topological polar surface area (TPSA) is 34.5 Å². The molecule has 1 aliphatic heterocycles. The number of benzene rings is 3. The van der Waals surface area contributed by atoms with E-state index in [-0.39, 0.29) is 11.9 Å². The third kappa shape index (κ3) is 3.92. The van der Waals surface area contributed by atoms with Crippen LogP contribution in [-0.4, -0.2) is 35.1 Å². The Balaban J connectivity index is 1.62. The van der Waals surface area contributed by atoms with Crippen LogP contribution in [0.1, 0.15) is 53.7 Å². The first-order chi connectivity index (χ1) is 16.7. The molecule has 4 aromatic rings. The van der Waals surface area contributed by atoms with Gasteiger partial charge >= 0.3 is 0 Å². The molecule has 2 heterocycles. The van der Waals surface area contributed by atoms with Crippen molar-refractivity contribution in [2.45, 2.75) is 32.2 Å². The molecule has 0 fully saturated rings. The predicted octanol–water partition coefficient (Wildman–Crippen LogP) is 6.60. The van der Waals surface area contributed by atoms with E-state index in [4.69, 9.17) is 4.74 Å². The van der Waals surface area contributed by atoms with Gasteiger partial charge in [0.05, 0.1) is 11.7 Å². The summed E-state index contributed by atoms with van der Waals surface area (Å²) in [5.41, 5.74) is 6.61. The third-order valence-corrected chi connectivity index (χ3v) is 6.86. The molecule has 1 aliphatic rings.